The van der Waals surface area contributed by atoms with Crippen LogP contribution in [0, 0.1) is 0 Å². The maximum absolute atomic E-state index is 12.2. The SMILES string of the molecule is O=C(Nc1cccc2cn[nH]c12)NC1COC2(CCCC2)C1. The lowest BCUT2D eigenvalue weighted by Gasteiger charge is -2.21. The van der Waals surface area contributed by atoms with Gasteiger partial charge in [0.05, 0.1) is 35.7 Å². The van der Waals surface area contributed by atoms with Crippen LogP contribution >= 0.6 is 0 Å². The van der Waals surface area contributed by atoms with Crippen LogP contribution in [0.3, 0.4) is 0 Å². The minimum absolute atomic E-state index is 0.0291. The Kier molecular flexibility index (Phi) is 3.26. The van der Waals surface area contributed by atoms with Crippen molar-refractivity contribution in [2.75, 3.05) is 11.9 Å². The molecule has 1 aromatic heterocycles. The number of H-pyrrole nitrogens is 1. The fourth-order valence-electron chi connectivity index (χ4n) is 3.72. The second-order valence-electron chi connectivity index (χ2n) is 6.34. The largest absolute Gasteiger partial charge is 0.373 e. The number of benzene rings is 1. The lowest BCUT2D eigenvalue weighted by Crippen LogP contribution is -2.39. The van der Waals surface area contributed by atoms with E-state index in [-0.39, 0.29) is 17.7 Å². The van der Waals surface area contributed by atoms with Crippen LogP contribution in [0.15, 0.2) is 24.4 Å². The van der Waals surface area contributed by atoms with Gasteiger partial charge in [-0.2, -0.15) is 5.10 Å². The Labute approximate surface area is 128 Å². The Morgan fingerprint density at radius 3 is 3.09 bits per heavy atom. The number of aromatic amines is 1. The Morgan fingerprint density at radius 1 is 1.36 bits per heavy atom. The van der Waals surface area contributed by atoms with E-state index in [4.69, 9.17) is 4.74 Å². The molecule has 116 valence electrons. The van der Waals surface area contributed by atoms with Crippen LogP contribution in [0.1, 0.15) is 32.1 Å². The molecule has 1 spiro atoms. The minimum atomic E-state index is -0.189. The predicted octanol–water partition coefficient (Wildman–Crippen LogP) is 2.79. The van der Waals surface area contributed by atoms with E-state index in [1.165, 1.54) is 12.8 Å². The Bertz CT molecular complexity index is 690. The smallest absolute Gasteiger partial charge is 0.319 e. The lowest BCUT2D eigenvalue weighted by atomic mass is 9.96. The third-order valence-electron chi connectivity index (χ3n) is 4.78. The molecule has 2 aromatic rings. The summed E-state index contributed by atoms with van der Waals surface area (Å²) in [5.74, 6) is 0. The predicted molar refractivity (Wildman–Crippen MR) is 83.8 cm³/mol. The highest BCUT2D eigenvalue weighted by Gasteiger charge is 2.42. The van der Waals surface area contributed by atoms with Gasteiger partial charge >= 0.3 is 6.03 Å². The van der Waals surface area contributed by atoms with E-state index in [0.29, 0.717) is 6.61 Å². The number of ether oxygens (including phenoxy) is 1. The number of rotatable bonds is 2. The number of carbonyl (C=O) groups excluding carboxylic acids is 1. The van der Waals surface area contributed by atoms with E-state index in [1.807, 2.05) is 18.2 Å². The highest BCUT2D eigenvalue weighted by atomic mass is 16.5. The molecule has 6 heteroatoms. The number of hydrogen-bond acceptors (Lipinski definition) is 3. The molecule has 2 fully saturated rings. The van der Waals surface area contributed by atoms with Gasteiger partial charge in [-0.3, -0.25) is 5.10 Å². The number of anilines is 1. The molecule has 1 unspecified atom stereocenters. The topological polar surface area (TPSA) is 79.0 Å². The van der Waals surface area contributed by atoms with E-state index >= 15 is 0 Å². The number of nitrogens with zero attached hydrogens (tertiary/aromatic N) is 1. The first-order valence-corrected chi connectivity index (χ1v) is 7.88. The fraction of sp³-hybridized carbons (Fsp3) is 0.500. The van der Waals surface area contributed by atoms with Gasteiger partial charge in [-0.1, -0.05) is 25.0 Å². The zero-order valence-corrected chi connectivity index (χ0v) is 12.4. The first-order valence-electron chi connectivity index (χ1n) is 7.88. The monoisotopic (exact) mass is 300 g/mol. The lowest BCUT2D eigenvalue weighted by molar-refractivity contribution is 0.00998. The molecule has 2 aliphatic rings. The fourth-order valence-corrected chi connectivity index (χ4v) is 3.72. The van der Waals surface area contributed by atoms with Gasteiger partial charge in [0.15, 0.2) is 0 Å². The van der Waals surface area contributed by atoms with E-state index in [1.54, 1.807) is 6.20 Å². The van der Waals surface area contributed by atoms with E-state index in [2.05, 4.69) is 20.8 Å². The molecule has 1 saturated carbocycles. The summed E-state index contributed by atoms with van der Waals surface area (Å²) in [5, 5.41) is 13.8. The van der Waals surface area contributed by atoms with Gasteiger partial charge < -0.3 is 15.4 Å². The molecular formula is C16H20N4O2. The van der Waals surface area contributed by atoms with Crippen LogP contribution in [0.2, 0.25) is 0 Å². The van der Waals surface area contributed by atoms with E-state index in [0.717, 1.165) is 35.9 Å². The third-order valence-corrected chi connectivity index (χ3v) is 4.78. The zero-order valence-electron chi connectivity index (χ0n) is 12.4. The highest BCUT2D eigenvalue weighted by Crippen LogP contribution is 2.40. The summed E-state index contributed by atoms with van der Waals surface area (Å²) in [7, 11) is 0. The molecule has 2 amide bonds. The van der Waals surface area contributed by atoms with Crippen molar-refractivity contribution < 1.29 is 9.53 Å². The average molecular weight is 300 g/mol. The molecule has 2 heterocycles. The molecule has 1 saturated heterocycles. The number of fused-ring (bicyclic) bond motifs is 1. The Balaban J connectivity index is 1.40. The van der Waals surface area contributed by atoms with Crippen molar-refractivity contribution in [3.8, 4) is 0 Å². The van der Waals surface area contributed by atoms with Crippen LogP contribution < -0.4 is 10.6 Å². The molecule has 3 N–H and O–H groups in total. The number of urea groups is 1. The molecule has 1 aliphatic carbocycles. The summed E-state index contributed by atoms with van der Waals surface area (Å²) in [6.45, 7) is 0.613. The van der Waals surface area contributed by atoms with Crippen molar-refractivity contribution in [3.63, 3.8) is 0 Å². The van der Waals surface area contributed by atoms with Crippen molar-refractivity contribution in [2.45, 2.75) is 43.7 Å². The second kappa shape index (κ2) is 5.28. The van der Waals surface area contributed by atoms with Crippen LogP contribution in [-0.4, -0.2) is 34.5 Å². The number of nitrogens with one attached hydrogen (secondary N) is 3. The maximum atomic E-state index is 12.2. The number of hydrogen-bond donors (Lipinski definition) is 3. The molecule has 0 bridgehead atoms. The standard InChI is InChI=1S/C16H20N4O2/c21-15(18-12-8-16(22-10-12)6-1-2-7-16)19-13-5-3-4-11-9-17-20-14(11)13/h3-5,9,12H,1-2,6-8,10H2,(H,17,20)(H2,18,19,21). The van der Waals surface area contributed by atoms with Gasteiger partial charge in [-0.25, -0.2) is 4.79 Å². The van der Waals surface area contributed by atoms with E-state index < -0.39 is 0 Å². The van der Waals surface area contributed by atoms with Crippen molar-refractivity contribution in [2.24, 2.45) is 0 Å². The van der Waals surface area contributed by atoms with Crippen LogP contribution in [0.5, 0.6) is 0 Å². The molecule has 0 radical (unpaired) electrons. The maximum Gasteiger partial charge on any atom is 0.319 e. The highest BCUT2D eigenvalue weighted by molar-refractivity contribution is 5.99. The third kappa shape index (κ3) is 2.43. The molecule has 6 nitrogen and oxygen atoms in total. The summed E-state index contributed by atoms with van der Waals surface area (Å²) in [6, 6.07) is 5.63. The summed E-state index contributed by atoms with van der Waals surface area (Å²) in [4.78, 5) is 12.2. The van der Waals surface area contributed by atoms with Gasteiger partial charge in [0.25, 0.3) is 0 Å². The molecule has 4 rings (SSSR count). The molecule has 1 atom stereocenters. The molecule has 22 heavy (non-hydrogen) atoms. The number of para-hydroxylation sites is 1. The summed E-state index contributed by atoms with van der Waals surface area (Å²) in [6.07, 6.45) is 7.39. The number of carbonyl (C=O) groups is 1. The summed E-state index contributed by atoms with van der Waals surface area (Å²) < 4.78 is 5.96. The zero-order chi connectivity index (χ0) is 15.0. The van der Waals surface area contributed by atoms with Crippen molar-refractivity contribution in [1.82, 2.24) is 15.5 Å². The average Bonchev–Trinajstić information content (AvgIpc) is 3.22. The van der Waals surface area contributed by atoms with E-state index in [9.17, 15) is 4.79 Å². The Morgan fingerprint density at radius 2 is 2.23 bits per heavy atom. The first-order chi connectivity index (χ1) is 10.7. The van der Waals surface area contributed by atoms with Gasteiger partial charge in [-0.15, -0.1) is 0 Å². The minimum Gasteiger partial charge on any atom is -0.373 e. The normalized spacial score (nSPS) is 23.2. The Hall–Kier alpha value is -2.08. The van der Waals surface area contributed by atoms with Crippen molar-refractivity contribution >= 4 is 22.6 Å². The van der Waals surface area contributed by atoms with Crippen molar-refractivity contribution in [1.29, 1.82) is 0 Å². The van der Waals surface area contributed by atoms with Gasteiger partial charge in [0.1, 0.15) is 0 Å². The van der Waals surface area contributed by atoms with Crippen molar-refractivity contribution in [3.05, 3.63) is 24.4 Å². The van der Waals surface area contributed by atoms with Gasteiger partial charge in [0, 0.05) is 5.39 Å². The molecule has 1 aromatic carbocycles. The van der Waals surface area contributed by atoms with Crippen LogP contribution in [-0.2, 0) is 4.74 Å². The number of amides is 2. The molecular weight excluding hydrogens is 280 g/mol. The summed E-state index contributed by atoms with van der Waals surface area (Å²) >= 11 is 0. The van der Waals surface area contributed by atoms with Crippen LogP contribution in [0.25, 0.3) is 10.9 Å². The first kappa shape index (κ1) is 13.6. The van der Waals surface area contributed by atoms with Crippen LogP contribution in [0.4, 0.5) is 10.5 Å². The summed E-state index contributed by atoms with van der Waals surface area (Å²) in [5.41, 5.74) is 1.61. The number of aromatic nitrogens is 2. The van der Waals surface area contributed by atoms with Gasteiger partial charge in [0.2, 0.25) is 0 Å². The quantitative estimate of drug-likeness (QED) is 0.798. The van der Waals surface area contributed by atoms with Gasteiger partial charge in [-0.05, 0) is 25.3 Å². The second-order valence-corrected chi connectivity index (χ2v) is 6.34. The molecule has 1 aliphatic heterocycles.